The minimum absolute atomic E-state index is 0.375. The van der Waals surface area contributed by atoms with Crippen LogP contribution in [0.4, 0.5) is 5.69 Å². The summed E-state index contributed by atoms with van der Waals surface area (Å²) in [7, 11) is 2.89. The molecule has 100 valence electrons. The van der Waals surface area contributed by atoms with Gasteiger partial charge in [0.15, 0.2) is 0 Å². The normalized spacial score (nSPS) is 10.3. The molecule has 4 nitrogen and oxygen atoms in total. The average Bonchev–Trinajstić information content (AvgIpc) is 2.79. The number of halogens is 1. The van der Waals surface area contributed by atoms with E-state index in [1.165, 1.54) is 18.4 Å². The molecule has 2 aromatic rings. The summed E-state index contributed by atoms with van der Waals surface area (Å²) in [5.41, 5.74) is 7.00. The molecule has 0 spiro atoms. The molecule has 0 saturated carbocycles. The van der Waals surface area contributed by atoms with Gasteiger partial charge in [-0.25, -0.2) is 4.79 Å². The second-order valence-electron chi connectivity index (χ2n) is 3.73. The van der Waals surface area contributed by atoms with Crippen molar-refractivity contribution in [1.29, 1.82) is 0 Å². The molecule has 0 saturated heterocycles. The molecule has 0 amide bonds. The molecule has 0 fully saturated rings. The van der Waals surface area contributed by atoms with Gasteiger partial charge in [-0.1, -0.05) is 11.6 Å². The number of benzene rings is 1. The number of nitrogens with two attached hydrogens (primary N) is 1. The highest BCUT2D eigenvalue weighted by atomic mass is 35.5. The fourth-order valence-corrected chi connectivity index (χ4v) is 2.85. The predicted molar refractivity (Wildman–Crippen MR) is 77.1 cm³/mol. The predicted octanol–water partition coefficient (Wildman–Crippen LogP) is 3.45. The standard InChI is InChI=1S/C13H12ClNO3S/c1-17-10-4-3-7(14)5-8(10)11-6-9(15)12(19-11)13(16)18-2/h3-6H,15H2,1-2H3. The van der Waals surface area contributed by atoms with Crippen molar-refractivity contribution in [3.8, 4) is 16.2 Å². The molecule has 0 unspecified atom stereocenters. The summed E-state index contributed by atoms with van der Waals surface area (Å²) in [4.78, 5) is 12.7. The zero-order valence-corrected chi connectivity index (χ0v) is 12.0. The number of rotatable bonds is 3. The third-order valence-corrected chi connectivity index (χ3v) is 3.96. The van der Waals surface area contributed by atoms with Crippen LogP contribution in [0, 0.1) is 0 Å². The van der Waals surface area contributed by atoms with Crippen molar-refractivity contribution >= 4 is 34.6 Å². The van der Waals surface area contributed by atoms with Crippen molar-refractivity contribution in [3.05, 3.63) is 34.2 Å². The van der Waals surface area contributed by atoms with E-state index in [9.17, 15) is 4.79 Å². The van der Waals surface area contributed by atoms with Gasteiger partial charge in [-0.05, 0) is 24.3 Å². The molecule has 0 aliphatic heterocycles. The second-order valence-corrected chi connectivity index (χ2v) is 5.22. The molecule has 2 N–H and O–H groups in total. The highest BCUT2D eigenvalue weighted by Crippen LogP contribution is 2.39. The van der Waals surface area contributed by atoms with Crippen LogP contribution in [-0.2, 0) is 4.74 Å². The number of thiophene rings is 1. The first-order valence-corrected chi connectivity index (χ1v) is 6.57. The van der Waals surface area contributed by atoms with Crippen LogP contribution in [0.3, 0.4) is 0 Å². The van der Waals surface area contributed by atoms with Gasteiger partial charge in [0.25, 0.3) is 0 Å². The van der Waals surface area contributed by atoms with Crippen molar-refractivity contribution in [1.82, 2.24) is 0 Å². The quantitative estimate of drug-likeness (QED) is 0.882. The van der Waals surface area contributed by atoms with Gasteiger partial charge < -0.3 is 15.2 Å². The Morgan fingerprint density at radius 2 is 2.05 bits per heavy atom. The molecule has 1 heterocycles. The Labute approximate surface area is 119 Å². The van der Waals surface area contributed by atoms with E-state index >= 15 is 0 Å². The number of esters is 1. The number of anilines is 1. The third-order valence-electron chi connectivity index (χ3n) is 2.56. The molecule has 0 aliphatic carbocycles. The van der Waals surface area contributed by atoms with Crippen LogP contribution in [0.1, 0.15) is 9.67 Å². The van der Waals surface area contributed by atoms with Gasteiger partial charge in [-0.3, -0.25) is 0 Å². The van der Waals surface area contributed by atoms with Crippen molar-refractivity contribution in [3.63, 3.8) is 0 Å². The minimum Gasteiger partial charge on any atom is -0.496 e. The van der Waals surface area contributed by atoms with Gasteiger partial charge >= 0.3 is 5.97 Å². The minimum atomic E-state index is -0.449. The van der Waals surface area contributed by atoms with Gasteiger partial charge in [0.1, 0.15) is 10.6 Å². The summed E-state index contributed by atoms with van der Waals surface area (Å²) in [6.07, 6.45) is 0. The lowest BCUT2D eigenvalue weighted by molar-refractivity contribution is 0.0607. The molecule has 0 atom stereocenters. The van der Waals surface area contributed by atoms with Gasteiger partial charge in [-0.15, -0.1) is 11.3 Å². The van der Waals surface area contributed by atoms with Crippen LogP contribution < -0.4 is 10.5 Å². The van der Waals surface area contributed by atoms with Crippen molar-refractivity contribution in [2.75, 3.05) is 20.0 Å². The number of ether oxygens (including phenoxy) is 2. The smallest absolute Gasteiger partial charge is 0.350 e. The Morgan fingerprint density at radius 3 is 2.68 bits per heavy atom. The van der Waals surface area contributed by atoms with Crippen molar-refractivity contribution < 1.29 is 14.3 Å². The molecule has 1 aromatic carbocycles. The maximum Gasteiger partial charge on any atom is 0.350 e. The summed E-state index contributed by atoms with van der Waals surface area (Å²) >= 11 is 7.23. The fourth-order valence-electron chi connectivity index (χ4n) is 1.66. The zero-order chi connectivity index (χ0) is 14.0. The molecule has 0 bridgehead atoms. The summed E-state index contributed by atoms with van der Waals surface area (Å²) in [6, 6.07) is 6.99. The van der Waals surface area contributed by atoms with E-state index in [2.05, 4.69) is 4.74 Å². The van der Waals surface area contributed by atoms with Gasteiger partial charge in [0, 0.05) is 15.5 Å². The van der Waals surface area contributed by atoms with E-state index in [4.69, 9.17) is 22.1 Å². The Morgan fingerprint density at radius 1 is 1.32 bits per heavy atom. The van der Waals surface area contributed by atoms with Crippen LogP contribution in [0.5, 0.6) is 5.75 Å². The van der Waals surface area contributed by atoms with Gasteiger partial charge in [-0.2, -0.15) is 0 Å². The maximum atomic E-state index is 11.6. The summed E-state index contributed by atoms with van der Waals surface area (Å²) in [6.45, 7) is 0. The van der Waals surface area contributed by atoms with E-state index in [1.807, 2.05) is 0 Å². The first-order valence-electron chi connectivity index (χ1n) is 5.38. The lowest BCUT2D eigenvalue weighted by Crippen LogP contribution is -2.00. The Bertz CT molecular complexity index is 624. The average molecular weight is 298 g/mol. The van der Waals surface area contributed by atoms with Crippen LogP contribution in [0.25, 0.3) is 10.4 Å². The highest BCUT2D eigenvalue weighted by Gasteiger charge is 2.17. The lowest BCUT2D eigenvalue weighted by atomic mass is 10.1. The first kappa shape index (κ1) is 13.7. The Hall–Kier alpha value is -1.72. The Balaban J connectivity index is 2.53. The number of carbonyl (C=O) groups is 1. The van der Waals surface area contributed by atoms with E-state index in [0.717, 1.165) is 10.4 Å². The summed E-state index contributed by atoms with van der Waals surface area (Å²) < 4.78 is 9.96. The van der Waals surface area contributed by atoms with Gasteiger partial charge in [0.05, 0.1) is 19.9 Å². The number of carbonyl (C=O) groups excluding carboxylic acids is 1. The molecule has 6 heteroatoms. The summed E-state index contributed by atoms with van der Waals surface area (Å²) in [5, 5.41) is 0.586. The highest BCUT2D eigenvalue weighted by molar-refractivity contribution is 7.18. The zero-order valence-electron chi connectivity index (χ0n) is 10.4. The number of methoxy groups -OCH3 is 2. The van der Waals surface area contributed by atoms with Crippen molar-refractivity contribution in [2.24, 2.45) is 0 Å². The third kappa shape index (κ3) is 2.67. The molecule has 0 aliphatic rings. The van der Waals surface area contributed by atoms with Crippen LogP contribution in [-0.4, -0.2) is 20.2 Å². The van der Waals surface area contributed by atoms with E-state index in [1.54, 1.807) is 31.4 Å². The SMILES string of the molecule is COC(=O)c1sc(-c2cc(Cl)ccc2OC)cc1N. The lowest BCUT2D eigenvalue weighted by Gasteiger charge is -2.06. The largest absolute Gasteiger partial charge is 0.496 e. The van der Waals surface area contributed by atoms with Crippen LogP contribution >= 0.6 is 22.9 Å². The number of hydrogen-bond acceptors (Lipinski definition) is 5. The Kier molecular flexibility index (Phi) is 3.97. The molecule has 2 rings (SSSR count). The molecular weight excluding hydrogens is 286 g/mol. The first-order chi connectivity index (χ1) is 9.06. The fraction of sp³-hybridized carbons (Fsp3) is 0.154. The van der Waals surface area contributed by atoms with Gasteiger partial charge in [0.2, 0.25) is 0 Å². The van der Waals surface area contributed by atoms with E-state index in [0.29, 0.717) is 21.3 Å². The molecular formula is C13H12ClNO3S. The molecule has 0 radical (unpaired) electrons. The maximum absolute atomic E-state index is 11.6. The van der Waals surface area contributed by atoms with Crippen LogP contribution in [0.2, 0.25) is 5.02 Å². The number of hydrogen-bond donors (Lipinski definition) is 1. The second kappa shape index (κ2) is 5.50. The number of nitrogen functional groups attached to an aromatic ring is 1. The topological polar surface area (TPSA) is 61.5 Å². The molecule has 1 aromatic heterocycles. The van der Waals surface area contributed by atoms with E-state index in [-0.39, 0.29) is 0 Å². The summed E-state index contributed by atoms with van der Waals surface area (Å²) in [5.74, 6) is 0.219. The van der Waals surface area contributed by atoms with Crippen LogP contribution in [0.15, 0.2) is 24.3 Å². The van der Waals surface area contributed by atoms with E-state index < -0.39 is 5.97 Å². The van der Waals surface area contributed by atoms with Crippen molar-refractivity contribution in [2.45, 2.75) is 0 Å². The monoisotopic (exact) mass is 297 g/mol. The molecule has 19 heavy (non-hydrogen) atoms.